The lowest BCUT2D eigenvalue weighted by Gasteiger charge is -2.08. The number of nitrogens with zero attached hydrogens (tertiary/aromatic N) is 1. The number of aromatic nitrogens is 3. The minimum Gasteiger partial charge on any atom is -0.319 e. The fraction of sp³-hybridized carbons (Fsp3) is 0.714. The third-order valence-corrected chi connectivity index (χ3v) is 1.81. The van der Waals surface area contributed by atoms with Crippen LogP contribution in [0.5, 0.6) is 0 Å². The fourth-order valence-electron chi connectivity index (χ4n) is 1.22. The molecular weight excluding hydrogens is 172 g/mol. The molecule has 0 radical (unpaired) electrons. The van der Waals surface area contributed by atoms with Gasteiger partial charge >= 0.3 is 11.4 Å². The van der Waals surface area contributed by atoms with Gasteiger partial charge in [-0.3, -0.25) is 0 Å². The van der Waals surface area contributed by atoms with Gasteiger partial charge in [0.1, 0.15) is 0 Å². The first-order valence-corrected chi connectivity index (χ1v) is 4.17. The van der Waals surface area contributed by atoms with Gasteiger partial charge in [-0.1, -0.05) is 6.92 Å². The Morgan fingerprint density at radius 1 is 1.38 bits per heavy atom. The van der Waals surface area contributed by atoms with E-state index in [1.54, 1.807) is 0 Å². The summed E-state index contributed by atoms with van der Waals surface area (Å²) in [6.07, 6.45) is 0. The molecule has 6 heteroatoms. The van der Waals surface area contributed by atoms with Crippen LogP contribution in [0.2, 0.25) is 0 Å². The normalized spacial score (nSPS) is 13.1. The van der Waals surface area contributed by atoms with Crippen molar-refractivity contribution < 1.29 is 0 Å². The average molecular weight is 186 g/mol. The monoisotopic (exact) mass is 186 g/mol. The summed E-state index contributed by atoms with van der Waals surface area (Å²) < 4.78 is 1.15. The van der Waals surface area contributed by atoms with Crippen LogP contribution in [0.15, 0.2) is 9.59 Å². The summed E-state index contributed by atoms with van der Waals surface area (Å²) in [5.74, 6) is 0.250. The van der Waals surface area contributed by atoms with Crippen molar-refractivity contribution in [1.82, 2.24) is 20.1 Å². The highest BCUT2D eigenvalue weighted by molar-refractivity contribution is 4.68. The van der Waals surface area contributed by atoms with E-state index in [0.29, 0.717) is 6.54 Å². The first kappa shape index (κ1) is 9.79. The van der Waals surface area contributed by atoms with Gasteiger partial charge in [0.25, 0.3) is 0 Å². The van der Waals surface area contributed by atoms with Crippen molar-refractivity contribution in [3.8, 4) is 0 Å². The molecule has 0 aliphatic carbocycles. The average Bonchev–Trinajstić information content (AvgIpc) is 2.36. The molecule has 74 valence electrons. The Hall–Kier alpha value is -1.30. The molecule has 0 fully saturated rings. The lowest BCUT2D eigenvalue weighted by atomic mass is 10.2. The third kappa shape index (κ3) is 2.32. The van der Waals surface area contributed by atoms with Crippen LogP contribution in [-0.4, -0.2) is 28.4 Å². The van der Waals surface area contributed by atoms with Gasteiger partial charge in [0, 0.05) is 6.54 Å². The molecule has 1 atom stereocenters. The Bertz CT molecular complexity index is 334. The fourth-order valence-corrected chi connectivity index (χ4v) is 1.22. The molecule has 0 aliphatic rings. The van der Waals surface area contributed by atoms with Crippen molar-refractivity contribution in [2.24, 2.45) is 5.92 Å². The summed E-state index contributed by atoms with van der Waals surface area (Å²) in [4.78, 5) is 22.1. The van der Waals surface area contributed by atoms with E-state index in [4.69, 9.17) is 0 Å². The SMILES string of the molecule is CNCC(C)Cn1c(=O)[nH][nH]c1=O. The van der Waals surface area contributed by atoms with Crippen molar-refractivity contribution >= 4 is 0 Å². The number of aromatic amines is 2. The van der Waals surface area contributed by atoms with Gasteiger partial charge in [0.15, 0.2) is 0 Å². The van der Waals surface area contributed by atoms with Gasteiger partial charge in [-0.15, -0.1) is 0 Å². The predicted octanol–water partition coefficient (Wildman–Crippen LogP) is -1.28. The Labute approximate surface area is 75.0 Å². The first-order chi connectivity index (χ1) is 6.15. The number of hydrogen-bond donors (Lipinski definition) is 3. The van der Waals surface area contributed by atoms with Crippen LogP contribution in [0.4, 0.5) is 0 Å². The van der Waals surface area contributed by atoms with Crippen LogP contribution in [-0.2, 0) is 6.54 Å². The van der Waals surface area contributed by atoms with Crippen LogP contribution in [0, 0.1) is 5.92 Å². The van der Waals surface area contributed by atoms with Crippen molar-refractivity contribution in [2.45, 2.75) is 13.5 Å². The molecule has 3 N–H and O–H groups in total. The Morgan fingerprint density at radius 2 is 1.92 bits per heavy atom. The van der Waals surface area contributed by atoms with Crippen molar-refractivity contribution in [3.63, 3.8) is 0 Å². The van der Waals surface area contributed by atoms with Crippen LogP contribution in [0.1, 0.15) is 6.92 Å². The summed E-state index contributed by atoms with van der Waals surface area (Å²) in [6, 6.07) is 0. The van der Waals surface area contributed by atoms with Crippen molar-refractivity contribution in [2.75, 3.05) is 13.6 Å². The predicted molar refractivity (Wildman–Crippen MR) is 48.8 cm³/mol. The Morgan fingerprint density at radius 3 is 2.38 bits per heavy atom. The topological polar surface area (TPSA) is 82.7 Å². The maximum atomic E-state index is 11.0. The zero-order chi connectivity index (χ0) is 9.84. The van der Waals surface area contributed by atoms with E-state index < -0.39 is 0 Å². The molecule has 1 aromatic rings. The number of nitrogens with one attached hydrogen (secondary N) is 3. The Balaban J connectivity index is 2.74. The second-order valence-corrected chi connectivity index (χ2v) is 3.13. The molecule has 13 heavy (non-hydrogen) atoms. The van der Waals surface area contributed by atoms with Gasteiger partial charge in [0.05, 0.1) is 0 Å². The van der Waals surface area contributed by atoms with Crippen LogP contribution < -0.4 is 16.7 Å². The van der Waals surface area contributed by atoms with E-state index >= 15 is 0 Å². The number of hydrogen-bond acceptors (Lipinski definition) is 3. The third-order valence-electron chi connectivity index (χ3n) is 1.81. The molecule has 1 aromatic heterocycles. The van der Waals surface area contributed by atoms with Gasteiger partial charge in [0.2, 0.25) is 0 Å². The van der Waals surface area contributed by atoms with Crippen LogP contribution in [0.25, 0.3) is 0 Å². The second-order valence-electron chi connectivity index (χ2n) is 3.13. The number of H-pyrrole nitrogens is 2. The molecule has 0 aliphatic heterocycles. The van der Waals surface area contributed by atoms with E-state index in [1.165, 1.54) is 0 Å². The molecule has 6 nitrogen and oxygen atoms in total. The van der Waals surface area contributed by atoms with Gasteiger partial charge in [-0.2, -0.15) is 0 Å². The molecule has 0 spiro atoms. The van der Waals surface area contributed by atoms with Crippen LogP contribution >= 0.6 is 0 Å². The highest BCUT2D eigenvalue weighted by atomic mass is 16.2. The zero-order valence-corrected chi connectivity index (χ0v) is 7.76. The standard InChI is InChI=1S/C7H14N4O2/c1-5(3-8-2)4-11-6(12)9-10-7(11)13/h5,8H,3-4H2,1-2H3,(H,9,12)(H,10,13). The Kier molecular flexibility index (Phi) is 3.07. The molecule has 1 unspecified atom stereocenters. The minimum absolute atomic E-state index is 0.250. The lowest BCUT2D eigenvalue weighted by Crippen LogP contribution is -2.32. The van der Waals surface area contributed by atoms with Crippen LogP contribution in [0.3, 0.4) is 0 Å². The van der Waals surface area contributed by atoms with Crippen molar-refractivity contribution in [1.29, 1.82) is 0 Å². The van der Waals surface area contributed by atoms with Gasteiger partial charge < -0.3 is 5.32 Å². The highest BCUT2D eigenvalue weighted by Crippen LogP contribution is 1.92. The van der Waals surface area contributed by atoms with Gasteiger partial charge in [-0.25, -0.2) is 24.4 Å². The largest absolute Gasteiger partial charge is 0.344 e. The number of rotatable bonds is 4. The minimum atomic E-state index is -0.382. The molecule has 0 bridgehead atoms. The molecule has 0 saturated carbocycles. The molecule has 1 heterocycles. The van der Waals surface area contributed by atoms with E-state index in [2.05, 4.69) is 15.5 Å². The van der Waals surface area contributed by atoms with E-state index in [1.807, 2.05) is 14.0 Å². The summed E-state index contributed by atoms with van der Waals surface area (Å²) in [5, 5.41) is 7.45. The summed E-state index contributed by atoms with van der Waals surface area (Å²) >= 11 is 0. The molecule has 0 amide bonds. The van der Waals surface area contributed by atoms with Gasteiger partial charge in [-0.05, 0) is 19.5 Å². The summed E-state index contributed by atoms with van der Waals surface area (Å²) in [6.45, 7) is 3.17. The highest BCUT2D eigenvalue weighted by Gasteiger charge is 2.07. The molecule has 1 rings (SSSR count). The van der Waals surface area contributed by atoms with E-state index in [0.717, 1.165) is 11.1 Å². The van der Waals surface area contributed by atoms with E-state index in [9.17, 15) is 9.59 Å². The van der Waals surface area contributed by atoms with Crippen molar-refractivity contribution in [3.05, 3.63) is 21.0 Å². The maximum absolute atomic E-state index is 11.0. The first-order valence-electron chi connectivity index (χ1n) is 4.17. The second kappa shape index (κ2) is 4.08. The van der Waals surface area contributed by atoms with E-state index in [-0.39, 0.29) is 17.3 Å². The molecule has 0 aromatic carbocycles. The quantitative estimate of drug-likeness (QED) is 0.547. The smallest absolute Gasteiger partial charge is 0.319 e. The zero-order valence-electron chi connectivity index (χ0n) is 7.76. The lowest BCUT2D eigenvalue weighted by molar-refractivity contribution is 0.448. The molecular formula is C7H14N4O2. The summed E-state index contributed by atoms with van der Waals surface area (Å²) in [5.41, 5.74) is -0.763. The summed E-state index contributed by atoms with van der Waals surface area (Å²) in [7, 11) is 1.83. The molecule has 0 saturated heterocycles. The maximum Gasteiger partial charge on any atom is 0.344 e.